The molecule has 3 N–H and O–H groups in total. The third-order valence-electron chi connectivity index (χ3n) is 5.21. The second-order valence-corrected chi connectivity index (χ2v) is 9.71. The van der Waals surface area contributed by atoms with Crippen molar-refractivity contribution in [1.29, 1.82) is 0 Å². The van der Waals surface area contributed by atoms with E-state index in [-0.39, 0.29) is 6.61 Å². The fourth-order valence-corrected chi connectivity index (χ4v) is 5.34. The van der Waals surface area contributed by atoms with Crippen LogP contribution in [0.3, 0.4) is 0 Å². The number of ether oxygens (including phenoxy) is 3. The maximum Gasteiger partial charge on any atom is 0.511 e. The van der Waals surface area contributed by atoms with Crippen LogP contribution < -0.4 is 11.1 Å². The molecule has 174 valence electrons. The molecule has 2 aliphatic rings. The summed E-state index contributed by atoms with van der Waals surface area (Å²) in [4.78, 5) is 51.0. The van der Waals surface area contributed by atoms with E-state index in [2.05, 4.69) is 10.1 Å². The van der Waals surface area contributed by atoms with Crippen molar-refractivity contribution in [2.45, 2.75) is 62.2 Å². The molecule has 0 aliphatic carbocycles. The number of rotatable bonds is 7. The van der Waals surface area contributed by atoms with E-state index in [9.17, 15) is 19.2 Å². The van der Waals surface area contributed by atoms with Gasteiger partial charge < -0.3 is 30.2 Å². The van der Waals surface area contributed by atoms with Gasteiger partial charge in [0, 0.05) is 11.7 Å². The largest absolute Gasteiger partial charge is 0.511 e. The normalized spacial score (nSPS) is 25.1. The zero-order valence-electron chi connectivity index (χ0n) is 18.3. The monoisotopic (exact) mass is 465 g/mol. The molecule has 0 aromatic heterocycles. The molecular weight excluding hydrogens is 438 g/mol. The number of hydrogen-bond donors (Lipinski definition) is 2. The lowest BCUT2D eigenvalue weighted by Gasteiger charge is -2.44. The highest BCUT2D eigenvalue weighted by atomic mass is 32.2. The Kier molecular flexibility index (Phi) is 6.99. The Hall–Kier alpha value is -2.79. The van der Waals surface area contributed by atoms with Gasteiger partial charge in [-0.05, 0) is 26.3 Å². The Morgan fingerprint density at radius 2 is 1.88 bits per heavy atom. The molecule has 3 rings (SSSR count). The number of fused-ring (bicyclic) bond motifs is 1. The predicted molar refractivity (Wildman–Crippen MR) is 115 cm³/mol. The molecule has 1 aromatic carbocycles. The molecule has 2 aliphatic heterocycles. The Balaban J connectivity index is 1.63. The summed E-state index contributed by atoms with van der Waals surface area (Å²) < 4.78 is 14.0. The highest BCUT2D eigenvalue weighted by molar-refractivity contribution is 8.01. The first-order valence-electron chi connectivity index (χ1n) is 10.2. The van der Waals surface area contributed by atoms with E-state index < -0.39 is 58.5 Å². The number of carbonyl (C=O) groups excluding carboxylic acids is 4. The first-order chi connectivity index (χ1) is 15.1. The summed E-state index contributed by atoms with van der Waals surface area (Å²) in [5, 5.41) is 2.26. The average molecular weight is 466 g/mol. The second-order valence-electron chi connectivity index (χ2n) is 7.94. The SMILES string of the molecule is CCOC(=O)OC(C)OC(=O)C1N2C(=O)[C@H](NC(=O)C(N)c3ccccc3)C2SC1(C)C. The number of nitrogens with zero attached hydrogens (tertiary/aromatic N) is 1. The van der Waals surface area contributed by atoms with Crippen molar-refractivity contribution >= 4 is 35.7 Å². The minimum atomic E-state index is -1.18. The maximum atomic E-state index is 12.8. The number of nitrogens with two attached hydrogens (primary N) is 1. The molecule has 0 spiro atoms. The number of carbonyl (C=O) groups is 4. The summed E-state index contributed by atoms with van der Waals surface area (Å²) in [6.45, 7) is 6.74. The Morgan fingerprint density at radius 1 is 1.22 bits per heavy atom. The summed E-state index contributed by atoms with van der Waals surface area (Å²) >= 11 is 1.38. The Labute approximate surface area is 190 Å². The van der Waals surface area contributed by atoms with Crippen LogP contribution in [0.25, 0.3) is 0 Å². The predicted octanol–water partition coefficient (Wildman–Crippen LogP) is 1.30. The van der Waals surface area contributed by atoms with Crippen LogP contribution in [-0.2, 0) is 28.6 Å². The number of benzene rings is 1. The molecule has 2 amide bonds. The molecule has 2 saturated heterocycles. The molecule has 2 heterocycles. The van der Waals surface area contributed by atoms with Crippen molar-refractivity contribution in [3.63, 3.8) is 0 Å². The van der Waals surface area contributed by atoms with Crippen LogP contribution in [0, 0.1) is 0 Å². The molecule has 11 heteroatoms. The van der Waals surface area contributed by atoms with Crippen LogP contribution in [-0.4, -0.2) is 63.9 Å². The average Bonchev–Trinajstić information content (AvgIpc) is 2.99. The molecule has 0 saturated carbocycles. The summed E-state index contributed by atoms with van der Waals surface area (Å²) in [5.41, 5.74) is 6.65. The molecule has 5 atom stereocenters. The molecule has 0 bridgehead atoms. The second kappa shape index (κ2) is 9.37. The fourth-order valence-electron chi connectivity index (χ4n) is 3.72. The van der Waals surface area contributed by atoms with Gasteiger partial charge in [-0.25, -0.2) is 9.59 Å². The Bertz CT molecular complexity index is 895. The lowest BCUT2D eigenvalue weighted by Crippen LogP contribution is -2.71. The number of hydrogen-bond acceptors (Lipinski definition) is 9. The zero-order valence-corrected chi connectivity index (χ0v) is 19.1. The molecule has 1 aromatic rings. The van der Waals surface area contributed by atoms with Crippen molar-refractivity contribution in [1.82, 2.24) is 10.2 Å². The van der Waals surface area contributed by atoms with Gasteiger partial charge in [-0.3, -0.25) is 9.59 Å². The first-order valence-corrected chi connectivity index (χ1v) is 11.1. The van der Waals surface area contributed by atoms with E-state index >= 15 is 0 Å². The highest BCUT2D eigenvalue weighted by Gasteiger charge is 2.64. The van der Waals surface area contributed by atoms with E-state index in [1.807, 2.05) is 6.07 Å². The van der Waals surface area contributed by atoms with E-state index in [4.69, 9.17) is 15.2 Å². The quantitative estimate of drug-likeness (QED) is 0.347. The maximum absolute atomic E-state index is 12.8. The summed E-state index contributed by atoms with van der Waals surface area (Å²) in [5.74, 6) is -1.58. The van der Waals surface area contributed by atoms with Crippen molar-refractivity contribution in [3.8, 4) is 0 Å². The van der Waals surface area contributed by atoms with Gasteiger partial charge in [0.2, 0.25) is 18.1 Å². The van der Waals surface area contributed by atoms with Gasteiger partial charge in [0.05, 0.1) is 6.61 Å². The van der Waals surface area contributed by atoms with Crippen LogP contribution in [0.1, 0.15) is 39.3 Å². The molecule has 2 fully saturated rings. The summed E-state index contributed by atoms with van der Waals surface area (Å²) in [6.07, 6.45) is -2.14. The standard InChI is InChI=1S/C21H27N3O7S/c1-5-29-20(28)31-11(2)30-19(27)15-21(3,4)32-18-14(17(26)24(15)18)23-16(25)13(22)12-9-7-6-8-10-12/h6-11,13-15,18H,5,22H2,1-4H3,(H,23,25)/t11?,13?,14-,15?,18?/m0/s1. The van der Waals surface area contributed by atoms with Gasteiger partial charge in [0.15, 0.2) is 0 Å². The third kappa shape index (κ3) is 4.68. The minimum absolute atomic E-state index is 0.122. The van der Waals surface area contributed by atoms with Gasteiger partial charge >= 0.3 is 12.1 Å². The number of β-lactam (4-membered cyclic amide) rings is 1. The number of nitrogens with one attached hydrogen (secondary N) is 1. The van der Waals surface area contributed by atoms with Crippen LogP contribution in [0.2, 0.25) is 0 Å². The lowest BCUT2D eigenvalue weighted by atomic mass is 9.95. The minimum Gasteiger partial charge on any atom is -0.435 e. The highest BCUT2D eigenvalue weighted by Crippen LogP contribution is 2.51. The zero-order chi connectivity index (χ0) is 23.6. The van der Waals surface area contributed by atoms with Crippen molar-refractivity contribution < 1.29 is 33.4 Å². The molecule has 32 heavy (non-hydrogen) atoms. The van der Waals surface area contributed by atoms with E-state index in [0.29, 0.717) is 5.56 Å². The molecule has 10 nitrogen and oxygen atoms in total. The van der Waals surface area contributed by atoms with Gasteiger partial charge in [-0.1, -0.05) is 30.3 Å². The number of thioether (sulfide) groups is 1. The van der Waals surface area contributed by atoms with Crippen LogP contribution in [0.4, 0.5) is 4.79 Å². The van der Waals surface area contributed by atoms with Gasteiger partial charge in [-0.15, -0.1) is 11.8 Å². The van der Waals surface area contributed by atoms with Crippen molar-refractivity contribution in [2.75, 3.05) is 6.61 Å². The Morgan fingerprint density at radius 3 is 2.50 bits per heavy atom. The fraction of sp³-hybridized carbons (Fsp3) is 0.524. The molecule has 4 unspecified atom stereocenters. The molecular formula is C21H27N3O7S. The third-order valence-corrected chi connectivity index (χ3v) is 6.78. The summed E-state index contributed by atoms with van der Waals surface area (Å²) in [7, 11) is 0. The van der Waals surface area contributed by atoms with Crippen molar-refractivity contribution in [2.24, 2.45) is 5.73 Å². The number of esters is 1. The molecule has 0 radical (unpaired) electrons. The number of amides is 2. The van der Waals surface area contributed by atoms with Gasteiger partial charge in [0.25, 0.3) is 0 Å². The van der Waals surface area contributed by atoms with E-state index in [1.54, 1.807) is 45.0 Å². The summed E-state index contributed by atoms with van der Waals surface area (Å²) in [6, 6.07) is 6.21. The van der Waals surface area contributed by atoms with Crippen LogP contribution in [0.15, 0.2) is 30.3 Å². The van der Waals surface area contributed by atoms with Crippen LogP contribution >= 0.6 is 11.8 Å². The van der Waals surface area contributed by atoms with Gasteiger partial charge in [-0.2, -0.15) is 0 Å². The van der Waals surface area contributed by atoms with Gasteiger partial charge in [0.1, 0.15) is 23.5 Å². The first kappa shape index (κ1) is 23.9. The topological polar surface area (TPSA) is 137 Å². The van der Waals surface area contributed by atoms with Crippen molar-refractivity contribution in [3.05, 3.63) is 35.9 Å². The van der Waals surface area contributed by atoms with E-state index in [1.165, 1.54) is 23.6 Å². The van der Waals surface area contributed by atoms with E-state index in [0.717, 1.165) is 0 Å². The smallest absolute Gasteiger partial charge is 0.435 e. The lowest BCUT2D eigenvalue weighted by molar-refractivity contribution is -0.180. The van der Waals surface area contributed by atoms with Crippen LogP contribution in [0.5, 0.6) is 0 Å².